The van der Waals surface area contributed by atoms with Gasteiger partial charge in [-0.15, -0.1) is 0 Å². The summed E-state index contributed by atoms with van der Waals surface area (Å²) in [5, 5.41) is 10.1. The van der Waals surface area contributed by atoms with E-state index in [1.807, 2.05) is 12.1 Å². The lowest BCUT2D eigenvalue weighted by molar-refractivity contribution is -0.132. The zero-order chi connectivity index (χ0) is 34.9. The van der Waals surface area contributed by atoms with Crippen LogP contribution in [0.5, 0.6) is 11.5 Å². The molecule has 49 heavy (non-hydrogen) atoms. The first kappa shape index (κ1) is 34.2. The Morgan fingerprint density at radius 2 is 1.67 bits per heavy atom. The van der Waals surface area contributed by atoms with Gasteiger partial charge in [0.25, 0.3) is 15.9 Å². The maximum absolute atomic E-state index is 15.5. The monoisotopic (exact) mass is 687 g/mol. The second-order valence-electron chi connectivity index (χ2n) is 12.7. The van der Waals surface area contributed by atoms with Crippen LogP contribution in [0, 0.1) is 11.3 Å². The SMILES string of the molecule is COc1ccc(S(=O)(=O)N2C(=O)C(c3cc(CN4CCCCC4)ccc3OC)(N3CCC[C@@H]3OC(=O)N(C)C)c3cc(C#N)ccc32)cc1. The van der Waals surface area contributed by atoms with Gasteiger partial charge in [-0.3, -0.25) is 9.69 Å². The average molecular weight is 688 g/mol. The number of ether oxygens (including phenoxy) is 3. The molecule has 13 heteroatoms. The quantitative estimate of drug-likeness (QED) is 0.313. The number of amides is 2. The minimum Gasteiger partial charge on any atom is -0.497 e. The highest BCUT2D eigenvalue weighted by atomic mass is 32.2. The number of hydrogen-bond acceptors (Lipinski definition) is 10. The predicted octanol–water partition coefficient (Wildman–Crippen LogP) is 4.66. The summed E-state index contributed by atoms with van der Waals surface area (Å²) in [5.41, 5.74) is 0.108. The summed E-state index contributed by atoms with van der Waals surface area (Å²) in [6, 6.07) is 18.2. The van der Waals surface area contributed by atoms with E-state index in [2.05, 4.69) is 11.0 Å². The number of fused-ring (bicyclic) bond motifs is 1. The van der Waals surface area contributed by atoms with E-state index in [-0.39, 0.29) is 21.7 Å². The summed E-state index contributed by atoms with van der Waals surface area (Å²) >= 11 is 0. The van der Waals surface area contributed by atoms with Crippen LogP contribution in [-0.4, -0.2) is 89.3 Å². The third-order valence-electron chi connectivity index (χ3n) is 9.56. The lowest BCUT2D eigenvalue weighted by Crippen LogP contribution is -2.57. The number of anilines is 1. The minimum absolute atomic E-state index is 0.105. The number of nitriles is 1. The Kier molecular flexibility index (Phi) is 9.57. The molecule has 0 N–H and O–H groups in total. The van der Waals surface area contributed by atoms with Gasteiger partial charge in [0, 0.05) is 38.3 Å². The highest BCUT2D eigenvalue weighted by Gasteiger charge is 2.63. The van der Waals surface area contributed by atoms with E-state index in [1.165, 1.54) is 61.9 Å². The van der Waals surface area contributed by atoms with Crippen molar-refractivity contribution in [3.8, 4) is 17.6 Å². The molecule has 12 nitrogen and oxygen atoms in total. The molecule has 0 aliphatic carbocycles. The Hall–Kier alpha value is -4.64. The van der Waals surface area contributed by atoms with E-state index < -0.39 is 33.8 Å². The summed E-state index contributed by atoms with van der Waals surface area (Å²) in [6.07, 6.45) is 2.85. The Morgan fingerprint density at radius 3 is 2.33 bits per heavy atom. The van der Waals surface area contributed by atoms with Crippen LogP contribution in [0.4, 0.5) is 10.5 Å². The molecule has 0 saturated carbocycles. The fourth-order valence-electron chi connectivity index (χ4n) is 7.20. The standard InChI is InChI=1S/C36H41N5O7S/c1-38(2)35(43)48-33-9-8-20-40(33)36(30-22-26(11-17-32(30)47-4)24-39-18-6-5-7-19-39)29-21-25(23-37)10-16-31(29)41(34(36)42)49(44,45)28-14-12-27(46-3)13-15-28/h10-17,21-22,33H,5-9,18-20,24H2,1-4H3/t33-,36?/m0/s1. The van der Waals surface area contributed by atoms with Gasteiger partial charge in [0.1, 0.15) is 11.5 Å². The first-order valence-corrected chi connectivity index (χ1v) is 17.8. The second-order valence-corrected chi connectivity index (χ2v) is 14.5. The molecule has 3 aliphatic rings. The summed E-state index contributed by atoms with van der Waals surface area (Å²) in [6.45, 7) is 2.81. The fraction of sp³-hybridized carbons (Fsp3) is 0.417. The number of piperidine rings is 1. The lowest BCUT2D eigenvalue weighted by atomic mass is 9.80. The van der Waals surface area contributed by atoms with Crippen LogP contribution in [0.3, 0.4) is 0 Å². The van der Waals surface area contributed by atoms with Crippen molar-refractivity contribution in [3.05, 3.63) is 82.9 Å². The van der Waals surface area contributed by atoms with Crippen LogP contribution >= 0.6 is 0 Å². The number of hydrogen-bond donors (Lipinski definition) is 0. The van der Waals surface area contributed by atoms with Gasteiger partial charge in [-0.1, -0.05) is 12.5 Å². The molecule has 3 aliphatic heterocycles. The Labute approximate surface area is 287 Å². The zero-order valence-corrected chi connectivity index (χ0v) is 29.0. The first-order chi connectivity index (χ1) is 23.6. The second kappa shape index (κ2) is 13.7. The van der Waals surface area contributed by atoms with Gasteiger partial charge >= 0.3 is 6.09 Å². The van der Waals surface area contributed by atoms with Gasteiger partial charge in [0.2, 0.25) is 0 Å². The maximum Gasteiger partial charge on any atom is 0.410 e. The van der Waals surface area contributed by atoms with Crippen molar-refractivity contribution in [1.82, 2.24) is 14.7 Å². The molecule has 258 valence electrons. The third kappa shape index (κ3) is 5.98. The van der Waals surface area contributed by atoms with Crippen molar-refractivity contribution < 1.29 is 32.2 Å². The molecule has 2 saturated heterocycles. The van der Waals surface area contributed by atoms with Gasteiger partial charge in [-0.2, -0.15) is 5.26 Å². The number of rotatable bonds is 9. The van der Waals surface area contributed by atoms with Crippen LogP contribution < -0.4 is 13.8 Å². The van der Waals surface area contributed by atoms with E-state index in [1.54, 1.807) is 31.1 Å². The molecule has 2 fully saturated rings. The van der Waals surface area contributed by atoms with E-state index in [0.29, 0.717) is 43.0 Å². The van der Waals surface area contributed by atoms with E-state index in [4.69, 9.17) is 14.2 Å². The minimum atomic E-state index is -4.51. The van der Waals surface area contributed by atoms with Gasteiger partial charge in [-0.25, -0.2) is 22.4 Å². The molecule has 1 unspecified atom stereocenters. The summed E-state index contributed by atoms with van der Waals surface area (Å²) in [7, 11) is 1.62. The third-order valence-corrected chi connectivity index (χ3v) is 11.3. The number of methoxy groups -OCH3 is 2. The molecule has 3 heterocycles. The van der Waals surface area contributed by atoms with Crippen molar-refractivity contribution >= 4 is 27.7 Å². The van der Waals surface area contributed by atoms with Gasteiger partial charge in [-0.05, 0) is 98.9 Å². The smallest absolute Gasteiger partial charge is 0.410 e. The molecule has 0 aromatic heterocycles. The van der Waals surface area contributed by atoms with Gasteiger partial charge in [0.15, 0.2) is 11.8 Å². The molecule has 3 aromatic carbocycles. The molecule has 2 atom stereocenters. The van der Waals surface area contributed by atoms with Crippen LogP contribution in [0.1, 0.15) is 54.4 Å². The van der Waals surface area contributed by atoms with E-state index in [9.17, 15) is 18.5 Å². The van der Waals surface area contributed by atoms with Crippen molar-refractivity contribution in [1.29, 1.82) is 5.26 Å². The first-order valence-electron chi connectivity index (χ1n) is 16.4. The van der Waals surface area contributed by atoms with Crippen LogP contribution in [0.2, 0.25) is 0 Å². The summed E-state index contributed by atoms with van der Waals surface area (Å²) in [4.78, 5) is 33.8. The Bertz CT molecular complexity index is 1890. The average Bonchev–Trinajstić information content (AvgIpc) is 3.67. The molecule has 3 aromatic rings. The lowest BCUT2D eigenvalue weighted by Gasteiger charge is -2.42. The van der Waals surface area contributed by atoms with E-state index >= 15 is 4.79 Å². The molecule has 6 rings (SSSR count). The number of carbonyl (C=O) groups excluding carboxylic acids is 2. The fourth-order valence-corrected chi connectivity index (χ4v) is 8.66. The number of benzene rings is 3. The number of likely N-dealkylation sites (tertiary alicyclic amines) is 2. The maximum atomic E-state index is 15.5. The Balaban J connectivity index is 1.62. The predicted molar refractivity (Wildman–Crippen MR) is 182 cm³/mol. The largest absolute Gasteiger partial charge is 0.497 e. The van der Waals surface area contributed by atoms with Crippen LogP contribution in [-0.2, 0) is 31.6 Å². The van der Waals surface area contributed by atoms with Crippen molar-refractivity contribution in [2.45, 2.75) is 55.3 Å². The molecular weight excluding hydrogens is 646 g/mol. The number of nitrogens with zero attached hydrogens (tertiary/aromatic N) is 5. The van der Waals surface area contributed by atoms with Crippen LogP contribution in [0.25, 0.3) is 0 Å². The zero-order valence-electron chi connectivity index (χ0n) is 28.2. The summed E-state index contributed by atoms with van der Waals surface area (Å²) < 4.78 is 47.2. The Morgan fingerprint density at radius 1 is 0.939 bits per heavy atom. The van der Waals surface area contributed by atoms with Crippen molar-refractivity contribution in [2.24, 2.45) is 0 Å². The van der Waals surface area contributed by atoms with Gasteiger partial charge < -0.3 is 19.1 Å². The normalized spacial score (nSPS) is 21.2. The topological polar surface area (TPSA) is 133 Å². The highest BCUT2D eigenvalue weighted by Crippen LogP contribution is 2.55. The highest BCUT2D eigenvalue weighted by molar-refractivity contribution is 7.93. The number of carbonyl (C=O) groups is 2. The molecule has 0 radical (unpaired) electrons. The molecule has 2 amide bonds. The molecular formula is C36H41N5O7S. The van der Waals surface area contributed by atoms with Crippen LogP contribution in [0.15, 0.2) is 65.6 Å². The number of sulfonamides is 1. The molecule has 0 spiro atoms. The van der Waals surface area contributed by atoms with Crippen molar-refractivity contribution in [2.75, 3.05) is 52.3 Å². The van der Waals surface area contributed by atoms with Gasteiger partial charge in [0.05, 0.1) is 36.4 Å². The molecule has 0 bridgehead atoms. The van der Waals surface area contributed by atoms with Crippen molar-refractivity contribution in [3.63, 3.8) is 0 Å². The summed E-state index contributed by atoms with van der Waals surface area (Å²) in [5.74, 6) is 0.0324. The van der Waals surface area contributed by atoms with E-state index in [0.717, 1.165) is 35.8 Å².